The molecule has 2 aromatic rings. The van der Waals surface area contributed by atoms with Gasteiger partial charge >= 0.3 is 0 Å². The van der Waals surface area contributed by atoms with Crippen LogP contribution in [-0.4, -0.2) is 64.0 Å². The van der Waals surface area contributed by atoms with Crippen molar-refractivity contribution in [1.82, 2.24) is 24.3 Å². The Morgan fingerprint density at radius 2 is 2.04 bits per heavy atom. The summed E-state index contributed by atoms with van der Waals surface area (Å²) in [5, 5.41) is 0. The molecule has 1 saturated heterocycles. The summed E-state index contributed by atoms with van der Waals surface area (Å²) >= 11 is 0. The monoisotopic (exact) mass is 367 g/mol. The fourth-order valence-electron chi connectivity index (χ4n) is 3.43. The van der Waals surface area contributed by atoms with Crippen LogP contribution in [0.25, 0.3) is 11.4 Å². The predicted molar refractivity (Wildman–Crippen MR) is 107 cm³/mol. The largest absolute Gasteiger partial charge is 0.339 e. The van der Waals surface area contributed by atoms with Gasteiger partial charge in [-0.05, 0) is 46.0 Å². The van der Waals surface area contributed by atoms with Crippen LogP contribution in [0, 0.1) is 6.92 Å². The number of piperidine rings is 1. The van der Waals surface area contributed by atoms with Crippen molar-refractivity contribution in [2.45, 2.75) is 25.7 Å². The topological polar surface area (TPSA) is 54.3 Å². The molecule has 0 unspecified atom stereocenters. The van der Waals surface area contributed by atoms with E-state index in [1.54, 1.807) is 6.08 Å². The molecule has 0 saturated carbocycles. The lowest BCUT2D eigenvalue weighted by atomic mass is 9.92. The molecule has 0 atom stereocenters. The number of pyridine rings is 1. The number of imidazole rings is 1. The molecule has 1 fully saturated rings. The number of nitrogens with zero attached hydrogens (tertiary/aromatic N) is 5. The van der Waals surface area contributed by atoms with Crippen molar-refractivity contribution in [3.05, 3.63) is 48.1 Å². The van der Waals surface area contributed by atoms with Gasteiger partial charge < -0.3 is 14.4 Å². The van der Waals surface area contributed by atoms with E-state index in [-0.39, 0.29) is 5.91 Å². The Balaban J connectivity index is 1.63. The number of amides is 1. The number of hydrogen-bond donors (Lipinski definition) is 0. The van der Waals surface area contributed by atoms with E-state index < -0.39 is 0 Å². The van der Waals surface area contributed by atoms with Gasteiger partial charge in [0.15, 0.2) is 0 Å². The van der Waals surface area contributed by atoms with Crippen LogP contribution in [0.15, 0.2) is 36.5 Å². The first-order chi connectivity index (χ1) is 13.0. The molecule has 1 aliphatic rings. The number of likely N-dealkylation sites (tertiary alicyclic amines) is 1. The van der Waals surface area contributed by atoms with E-state index in [4.69, 9.17) is 4.98 Å². The zero-order valence-corrected chi connectivity index (χ0v) is 16.7. The van der Waals surface area contributed by atoms with Crippen molar-refractivity contribution in [3.8, 4) is 11.4 Å². The minimum absolute atomic E-state index is 0.113. The number of hydrogen-bond acceptors (Lipinski definition) is 4. The number of carbonyl (C=O) groups is 1. The maximum atomic E-state index is 12.3. The van der Waals surface area contributed by atoms with Gasteiger partial charge in [0, 0.05) is 44.4 Å². The second kappa shape index (κ2) is 8.48. The summed E-state index contributed by atoms with van der Waals surface area (Å²) in [4.78, 5) is 25.5. The molecule has 2 aromatic heterocycles. The number of aromatic nitrogens is 3. The van der Waals surface area contributed by atoms with Gasteiger partial charge in [-0.25, -0.2) is 4.98 Å². The Hall–Kier alpha value is -2.47. The summed E-state index contributed by atoms with van der Waals surface area (Å²) in [5.74, 6) is 1.49. The minimum atomic E-state index is 0.113. The molecular weight excluding hydrogens is 338 g/mol. The summed E-state index contributed by atoms with van der Waals surface area (Å²) in [6, 6.07) is 6.21. The molecular formula is C21H29N5O. The molecule has 1 aliphatic heterocycles. The zero-order valence-electron chi connectivity index (χ0n) is 16.7. The highest BCUT2D eigenvalue weighted by Crippen LogP contribution is 2.28. The third-order valence-electron chi connectivity index (χ3n) is 5.21. The van der Waals surface area contributed by atoms with Gasteiger partial charge in [-0.2, -0.15) is 0 Å². The van der Waals surface area contributed by atoms with E-state index in [2.05, 4.69) is 21.7 Å². The third kappa shape index (κ3) is 4.63. The van der Waals surface area contributed by atoms with Crippen LogP contribution in [0.5, 0.6) is 0 Å². The Kier molecular flexibility index (Phi) is 6.06. The quantitative estimate of drug-likeness (QED) is 0.763. The number of carbonyl (C=O) groups excluding carboxylic acids is 1. The van der Waals surface area contributed by atoms with Gasteiger partial charge in [0.2, 0.25) is 5.91 Å². The van der Waals surface area contributed by atoms with Gasteiger partial charge in [0.05, 0.1) is 17.6 Å². The number of rotatable bonds is 5. The van der Waals surface area contributed by atoms with Crippen molar-refractivity contribution < 1.29 is 4.79 Å². The van der Waals surface area contributed by atoms with Crippen LogP contribution in [0.4, 0.5) is 0 Å². The standard InChI is InChI=1S/C21H29N5O/c1-16-22-15-20(25(16)4)19-8-5-7-18(23-19)17-10-13-26(14-11-17)21(27)9-6-12-24(2)3/h5-9,15,17H,10-14H2,1-4H3/b9-6+. The van der Waals surface area contributed by atoms with Crippen molar-refractivity contribution >= 4 is 5.91 Å². The van der Waals surface area contributed by atoms with Crippen LogP contribution in [0.2, 0.25) is 0 Å². The lowest BCUT2D eigenvalue weighted by molar-refractivity contribution is -0.127. The van der Waals surface area contributed by atoms with E-state index in [1.165, 1.54) is 0 Å². The Bertz CT molecular complexity index is 816. The minimum Gasteiger partial charge on any atom is -0.339 e. The lowest BCUT2D eigenvalue weighted by Crippen LogP contribution is -2.37. The van der Waals surface area contributed by atoms with Gasteiger partial charge in [-0.15, -0.1) is 0 Å². The predicted octanol–water partition coefficient (Wildman–Crippen LogP) is 2.61. The van der Waals surface area contributed by atoms with Crippen molar-refractivity contribution in [3.63, 3.8) is 0 Å². The molecule has 1 amide bonds. The third-order valence-corrected chi connectivity index (χ3v) is 5.21. The molecule has 0 aromatic carbocycles. The average Bonchev–Trinajstić information content (AvgIpc) is 3.00. The maximum Gasteiger partial charge on any atom is 0.246 e. The lowest BCUT2D eigenvalue weighted by Gasteiger charge is -2.31. The summed E-state index contributed by atoms with van der Waals surface area (Å²) in [5.41, 5.74) is 3.11. The van der Waals surface area contributed by atoms with Crippen LogP contribution < -0.4 is 0 Å². The van der Waals surface area contributed by atoms with E-state index in [0.717, 1.165) is 55.4 Å². The fraction of sp³-hybridized carbons (Fsp3) is 0.476. The first kappa shape index (κ1) is 19.3. The Morgan fingerprint density at radius 3 is 2.67 bits per heavy atom. The van der Waals surface area contributed by atoms with Crippen molar-refractivity contribution in [2.24, 2.45) is 7.05 Å². The molecule has 144 valence electrons. The highest BCUT2D eigenvalue weighted by atomic mass is 16.2. The van der Waals surface area contributed by atoms with Crippen LogP contribution in [0.1, 0.15) is 30.3 Å². The molecule has 0 spiro atoms. The molecule has 3 heterocycles. The van der Waals surface area contributed by atoms with Crippen LogP contribution in [0.3, 0.4) is 0 Å². The fourth-order valence-corrected chi connectivity index (χ4v) is 3.43. The van der Waals surface area contributed by atoms with E-state index >= 15 is 0 Å². The molecule has 6 nitrogen and oxygen atoms in total. The van der Waals surface area contributed by atoms with Gasteiger partial charge in [-0.3, -0.25) is 9.78 Å². The van der Waals surface area contributed by atoms with Crippen molar-refractivity contribution in [1.29, 1.82) is 0 Å². The molecule has 0 N–H and O–H groups in total. The number of likely N-dealkylation sites (N-methyl/N-ethyl adjacent to an activating group) is 1. The SMILES string of the molecule is Cc1ncc(-c2cccc(C3CCN(C(=O)/C=C/CN(C)C)CC3)n2)n1C. The highest BCUT2D eigenvalue weighted by molar-refractivity contribution is 5.87. The van der Waals surface area contributed by atoms with E-state index in [1.807, 2.05) is 56.2 Å². The average molecular weight is 367 g/mol. The smallest absolute Gasteiger partial charge is 0.246 e. The second-order valence-corrected chi connectivity index (χ2v) is 7.46. The first-order valence-electron chi connectivity index (χ1n) is 9.51. The molecule has 3 rings (SSSR count). The maximum absolute atomic E-state index is 12.3. The second-order valence-electron chi connectivity index (χ2n) is 7.46. The van der Waals surface area contributed by atoms with E-state index in [0.29, 0.717) is 5.92 Å². The highest BCUT2D eigenvalue weighted by Gasteiger charge is 2.24. The first-order valence-corrected chi connectivity index (χ1v) is 9.51. The molecule has 0 radical (unpaired) electrons. The summed E-state index contributed by atoms with van der Waals surface area (Å²) < 4.78 is 2.06. The van der Waals surface area contributed by atoms with Crippen LogP contribution >= 0.6 is 0 Å². The number of aryl methyl sites for hydroxylation is 1. The van der Waals surface area contributed by atoms with Gasteiger partial charge in [0.1, 0.15) is 5.82 Å². The van der Waals surface area contributed by atoms with Crippen molar-refractivity contribution in [2.75, 3.05) is 33.7 Å². The van der Waals surface area contributed by atoms with Crippen LogP contribution in [-0.2, 0) is 11.8 Å². The summed E-state index contributed by atoms with van der Waals surface area (Å²) in [6.07, 6.45) is 7.41. The molecule has 0 bridgehead atoms. The Morgan fingerprint density at radius 1 is 1.30 bits per heavy atom. The summed E-state index contributed by atoms with van der Waals surface area (Å²) in [7, 11) is 6.00. The summed E-state index contributed by atoms with van der Waals surface area (Å²) in [6.45, 7) is 4.35. The van der Waals surface area contributed by atoms with Gasteiger partial charge in [-0.1, -0.05) is 12.1 Å². The molecule has 0 aliphatic carbocycles. The molecule has 6 heteroatoms. The Labute approximate surface area is 161 Å². The molecule has 27 heavy (non-hydrogen) atoms. The van der Waals surface area contributed by atoms with E-state index in [9.17, 15) is 4.79 Å². The zero-order chi connectivity index (χ0) is 19.4. The normalized spacial score (nSPS) is 15.8. The van der Waals surface area contributed by atoms with Gasteiger partial charge in [0.25, 0.3) is 0 Å².